The molecule has 0 amide bonds. The van der Waals surface area contributed by atoms with Crippen molar-refractivity contribution in [1.82, 2.24) is 14.5 Å². The standard InChI is InChI=1S/C43H28N4OS.Pt/c1-43(2)32-12-4-5-13-34(32)46(39-15-7-9-23-44-39)36-26-28(18-21-33(36)43)48-27-17-19-29-30-20-22-38-41(31-11-3-6-14-37(31)49-38)42(30)47(35(29)25-27)40-16-8-10-24-45-40;/h3-24H,1-2H3;/q-2;+2. The second-order valence-electron chi connectivity index (χ2n) is 12.9. The minimum Gasteiger partial charge on any atom is -0.509 e. The maximum absolute atomic E-state index is 6.63. The summed E-state index contributed by atoms with van der Waals surface area (Å²) in [5.41, 5.74) is 6.22. The number of nitrogens with zero attached hydrogens (tertiary/aromatic N) is 4. The quantitative estimate of drug-likeness (QED) is 0.166. The van der Waals surface area contributed by atoms with Crippen LogP contribution >= 0.6 is 11.3 Å². The van der Waals surface area contributed by atoms with E-state index in [-0.39, 0.29) is 26.5 Å². The largest absolute Gasteiger partial charge is 2.00 e. The summed E-state index contributed by atoms with van der Waals surface area (Å²) < 4.78 is 11.4. The van der Waals surface area contributed by atoms with Gasteiger partial charge >= 0.3 is 21.1 Å². The number of fused-ring (bicyclic) bond motifs is 9. The Morgan fingerprint density at radius 2 is 1.32 bits per heavy atom. The van der Waals surface area contributed by atoms with Gasteiger partial charge in [-0.3, -0.25) is 0 Å². The first-order valence-corrected chi connectivity index (χ1v) is 17.2. The van der Waals surface area contributed by atoms with Crippen LogP contribution in [0.15, 0.2) is 134 Å². The normalized spacial score (nSPS) is 13.4. The van der Waals surface area contributed by atoms with Gasteiger partial charge in [0.1, 0.15) is 11.6 Å². The van der Waals surface area contributed by atoms with Crippen molar-refractivity contribution in [2.45, 2.75) is 19.3 Å². The zero-order valence-corrected chi connectivity index (χ0v) is 30.2. The van der Waals surface area contributed by atoms with Gasteiger partial charge < -0.3 is 14.2 Å². The van der Waals surface area contributed by atoms with E-state index in [1.807, 2.05) is 66.2 Å². The van der Waals surface area contributed by atoms with Crippen molar-refractivity contribution in [2.24, 2.45) is 0 Å². The third-order valence-corrected chi connectivity index (χ3v) is 10.9. The number of anilines is 3. The molecule has 0 N–H and O–H groups in total. The van der Waals surface area contributed by atoms with Gasteiger partial charge in [0, 0.05) is 49.8 Å². The molecule has 5 heterocycles. The maximum atomic E-state index is 6.63. The zero-order chi connectivity index (χ0) is 32.7. The van der Waals surface area contributed by atoms with Crippen molar-refractivity contribution in [1.29, 1.82) is 0 Å². The number of ether oxygens (including phenoxy) is 1. The number of thiophene rings is 1. The summed E-state index contributed by atoms with van der Waals surface area (Å²) in [6.07, 6.45) is 3.67. The molecule has 0 atom stereocenters. The van der Waals surface area contributed by atoms with Crippen molar-refractivity contribution in [3.63, 3.8) is 0 Å². The number of para-hydroxylation sites is 1. The molecule has 0 spiro atoms. The fraction of sp³-hybridized carbons (Fsp3) is 0.0698. The molecule has 4 aromatic heterocycles. The summed E-state index contributed by atoms with van der Waals surface area (Å²) in [5.74, 6) is 2.89. The second-order valence-corrected chi connectivity index (χ2v) is 14.0. The minimum atomic E-state index is -0.238. The van der Waals surface area contributed by atoms with E-state index in [4.69, 9.17) is 14.7 Å². The number of pyridine rings is 2. The summed E-state index contributed by atoms with van der Waals surface area (Å²) >= 11 is 1.82. The summed E-state index contributed by atoms with van der Waals surface area (Å²) in [6, 6.07) is 49.3. The van der Waals surface area contributed by atoms with Crippen molar-refractivity contribution < 1.29 is 25.8 Å². The van der Waals surface area contributed by atoms with Crippen molar-refractivity contribution in [3.05, 3.63) is 157 Å². The molecule has 0 bridgehead atoms. The Balaban J connectivity index is 0.00000336. The van der Waals surface area contributed by atoms with E-state index in [2.05, 4.69) is 114 Å². The van der Waals surface area contributed by atoms with E-state index in [1.165, 1.54) is 25.7 Å². The molecule has 5 aromatic carbocycles. The van der Waals surface area contributed by atoms with Crippen LogP contribution in [0.3, 0.4) is 0 Å². The Morgan fingerprint density at radius 3 is 2.14 bits per heavy atom. The van der Waals surface area contributed by atoms with Gasteiger partial charge in [-0.2, -0.15) is 12.1 Å². The first-order valence-electron chi connectivity index (χ1n) is 16.3. The first kappa shape index (κ1) is 30.7. The van der Waals surface area contributed by atoms with Crippen LogP contribution in [-0.2, 0) is 26.5 Å². The monoisotopic (exact) mass is 843 g/mol. The summed E-state index contributed by atoms with van der Waals surface area (Å²) in [6.45, 7) is 4.53. The van der Waals surface area contributed by atoms with Gasteiger partial charge in [0.05, 0.1) is 5.52 Å². The molecule has 7 heteroatoms. The van der Waals surface area contributed by atoms with Crippen LogP contribution < -0.4 is 9.64 Å². The number of hydrogen-bond acceptors (Lipinski definition) is 5. The molecular formula is C43H28N4OPtS. The van der Waals surface area contributed by atoms with E-state index < -0.39 is 0 Å². The molecule has 242 valence electrons. The fourth-order valence-electron chi connectivity index (χ4n) is 7.50. The van der Waals surface area contributed by atoms with Gasteiger partial charge in [0.25, 0.3) is 0 Å². The molecule has 10 rings (SSSR count). The van der Waals surface area contributed by atoms with E-state index in [0.717, 1.165) is 50.4 Å². The van der Waals surface area contributed by atoms with Gasteiger partial charge in [-0.25, -0.2) is 9.97 Å². The molecule has 0 aliphatic carbocycles. The third kappa shape index (κ3) is 4.56. The third-order valence-electron chi connectivity index (χ3n) is 9.74. The van der Waals surface area contributed by atoms with Crippen LogP contribution in [-0.4, -0.2) is 14.5 Å². The summed E-state index contributed by atoms with van der Waals surface area (Å²) in [7, 11) is 0. The van der Waals surface area contributed by atoms with Gasteiger partial charge in [-0.05, 0) is 58.8 Å². The summed E-state index contributed by atoms with van der Waals surface area (Å²) in [5, 5.41) is 4.73. The maximum Gasteiger partial charge on any atom is 2.00 e. The number of rotatable bonds is 4. The Morgan fingerprint density at radius 1 is 0.620 bits per heavy atom. The van der Waals surface area contributed by atoms with Crippen molar-refractivity contribution >= 4 is 70.5 Å². The van der Waals surface area contributed by atoms with E-state index in [0.29, 0.717) is 11.5 Å². The molecule has 0 fully saturated rings. The van der Waals surface area contributed by atoms with E-state index in [9.17, 15) is 0 Å². The molecule has 9 aromatic rings. The number of aromatic nitrogens is 3. The van der Waals surface area contributed by atoms with Crippen LogP contribution in [0.1, 0.15) is 25.0 Å². The first-order chi connectivity index (χ1) is 24.1. The molecule has 0 saturated carbocycles. The van der Waals surface area contributed by atoms with Crippen LogP contribution in [0.4, 0.5) is 17.2 Å². The number of hydrogen-bond donors (Lipinski definition) is 0. The predicted octanol–water partition coefficient (Wildman–Crippen LogP) is 11.4. The molecule has 1 aliphatic heterocycles. The SMILES string of the molecule is CC1(C)c2ccc(Oc3[c-]c4c(cc3)c3ccc5sc6ccccc6c5c3n4-c3ccccn3)[c-]c2N(c2ccccn2)c2ccccc21.[Pt+2]. The summed E-state index contributed by atoms with van der Waals surface area (Å²) in [4.78, 5) is 11.7. The molecule has 5 nitrogen and oxygen atoms in total. The van der Waals surface area contributed by atoms with Gasteiger partial charge in [0.2, 0.25) is 0 Å². The number of benzene rings is 5. The minimum absolute atomic E-state index is 0. The molecule has 0 saturated heterocycles. The second kappa shape index (κ2) is 11.7. The van der Waals surface area contributed by atoms with Crippen molar-refractivity contribution in [2.75, 3.05) is 4.90 Å². The van der Waals surface area contributed by atoms with Crippen molar-refractivity contribution in [3.8, 4) is 17.3 Å². The molecule has 50 heavy (non-hydrogen) atoms. The fourth-order valence-corrected chi connectivity index (χ4v) is 8.61. The topological polar surface area (TPSA) is 43.2 Å². The van der Waals surface area contributed by atoms with Crippen LogP contribution in [0.25, 0.3) is 47.8 Å². The zero-order valence-electron chi connectivity index (χ0n) is 27.1. The Labute approximate surface area is 307 Å². The molecule has 0 radical (unpaired) electrons. The van der Waals surface area contributed by atoms with Crippen LogP contribution in [0.5, 0.6) is 11.5 Å². The van der Waals surface area contributed by atoms with Gasteiger partial charge in [-0.1, -0.05) is 79.6 Å². The Kier molecular flexibility index (Phi) is 7.17. The molecule has 0 unspecified atom stereocenters. The van der Waals surface area contributed by atoms with E-state index >= 15 is 0 Å². The molecular weight excluding hydrogens is 816 g/mol. The average molecular weight is 844 g/mol. The smallest absolute Gasteiger partial charge is 0.509 e. The Bertz CT molecular complexity index is 2740. The Hall–Kier alpha value is -5.29. The van der Waals surface area contributed by atoms with Crippen LogP contribution in [0.2, 0.25) is 0 Å². The van der Waals surface area contributed by atoms with E-state index in [1.54, 1.807) is 0 Å². The van der Waals surface area contributed by atoms with Crippen LogP contribution in [0, 0.1) is 12.1 Å². The average Bonchev–Trinajstić information content (AvgIpc) is 3.68. The van der Waals surface area contributed by atoms with Gasteiger partial charge in [0.15, 0.2) is 0 Å². The van der Waals surface area contributed by atoms with Gasteiger partial charge in [-0.15, -0.1) is 46.6 Å². The molecule has 1 aliphatic rings. The predicted molar refractivity (Wildman–Crippen MR) is 200 cm³/mol.